The first-order valence-corrected chi connectivity index (χ1v) is 15.2. The smallest absolute Gasteiger partial charge is 0.364 e. The Labute approximate surface area is 264 Å². The van der Waals surface area contributed by atoms with Gasteiger partial charge in [0.05, 0.1) is 5.69 Å². The molecule has 3 amide bonds. The molecule has 2 saturated heterocycles. The monoisotopic (exact) mass is 656 g/mol. The summed E-state index contributed by atoms with van der Waals surface area (Å²) in [5.41, 5.74) is 4.18. The maximum atomic E-state index is 13.4. The number of amides is 3. The minimum atomic E-state index is -4.86. The molecule has 2 aromatic heterocycles. The summed E-state index contributed by atoms with van der Waals surface area (Å²) in [6.45, 7) is 1.91. The maximum absolute atomic E-state index is 13.4. The van der Waals surface area contributed by atoms with Crippen molar-refractivity contribution in [2.75, 3.05) is 10.6 Å². The average molecular weight is 657 g/mol. The van der Waals surface area contributed by atoms with E-state index in [2.05, 4.69) is 25.9 Å². The molecule has 3 fully saturated rings. The summed E-state index contributed by atoms with van der Waals surface area (Å²) in [5, 5.41) is 12.6. The zero-order valence-corrected chi connectivity index (χ0v) is 25.0. The molecule has 0 radical (unpaired) electrons. The molecule has 10 nitrogen and oxygen atoms in total. The van der Waals surface area contributed by atoms with Crippen LogP contribution in [0.5, 0.6) is 0 Å². The highest BCUT2D eigenvalue weighted by atomic mass is 19.4. The molecule has 1 aliphatic carbocycles. The van der Waals surface area contributed by atoms with Crippen LogP contribution >= 0.6 is 0 Å². The second-order valence-electron chi connectivity index (χ2n) is 12.3. The lowest BCUT2D eigenvalue weighted by Crippen LogP contribution is -2.62. The third-order valence-electron chi connectivity index (χ3n) is 9.12. The highest BCUT2D eigenvalue weighted by Gasteiger charge is 2.61. The molecule has 2 aromatic carbocycles. The third-order valence-corrected chi connectivity index (χ3v) is 9.12. The van der Waals surface area contributed by atoms with Crippen LogP contribution in [-0.4, -0.2) is 50.1 Å². The number of nitrogens with one attached hydrogen (secondary N) is 2. The predicted molar refractivity (Wildman–Crippen MR) is 157 cm³/mol. The van der Waals surface area contributed by atoms with E-state index in [1.807, 2.05) is 30.0 Å². The normalized spacial score (nSPS) is 21.2. The van der Waals surface area contributed by atoms with Gasteiger partial charge in [0.25, 0.3) is 17.6 Å². The van der Waals surface area contributed by atoms with E-state index in [4.69, 9.17) is 9.05 Å². The van der Waals surface area contributed by atoms with Gasteiger partial charge in [0, 0.05) is 41.0 Å². The first-order chi connectivity index (χ1) is 22.4. The Bertz CT molecular complexity index is 1840. The van der Waals surface area contributed by atoms with Crippen LogP contribution in [0.1, 0.15) is 54.7 Å². The third kappa shape index (κ3) is 6.05. The van der Waals surface area contributed by atoms with Gasteiger partial charge in [0.15, 0.2) is 0 Å². The SMILES string of the molecule is Cc1ccc(NC(=O)N2C3CCCC2C3)cc1-c1conc1CCc1ccc(NC(=O)[C@@H]2CC2(F)F)cc1-c1nc(C(F)(F)F)no1. The van der Waals surface area contributed by atoms with Crippen molar-refractivity contribution in [2.45, 2.75) is 76.1 Å². The summed E-state index contributed by atoms with van der Waals surface area (Å²) in [5.74, 6) is -7.39. The zero-order chi connectivity index (χ0) is 33.1. The van der Waals surface area contributed by atoms with Crippen molar-refractivity contribution in [2.24, 2.45) is 5.92 Å². The van der Waals surface area contributed by atoms with Gasteiger partial charge < -0.3 is 24.6 Å². The largest absolute Gasteiger partial charge is 0.455 e. The minimum absolute atomic E-state index is 0.0849. The van der Waals surface area contributed by atoms with Crippen molar-refractivity contribution < 1.29 is 40.6 Å². The van der Waals surface area contributed by atoms with Crippen molar-refractivity contribution in [3.05, 3.63) is 65.3 Å². The molecule has 246 valence electrons. The molecule has 2 unspecified atom stereocenters. The van der Waals surface area contributed by atoms with E-state index in [-0.39, 0.29) is 42.2 Å². The summed E-state index contributed by atoms with van der Waals surface area (Å²) < 4.78 is 76.9. The molecular weight excluding hydrogens is 627 g/mol. The van der Waals surface area contributed by atoms with Gasteiger partial charge in [-0.25, -0.2) is 13.6 Å². The van der Waals surface area contributed by atoms with Gasteiger partial charge >= 0.3 is 12.2 Å². The summed E-state index contributed by atoms with van der Waals surface area (Å²) in [7, 11) is 0. The fourth-order valence-electron chi connectivity index (χ4n) is 6.47. The van der Waals surface area contributed by atoms with Crippen LogP contribution < -0.4 is 10.6 Å². The standard InChI is InChI=1S/C32H29F5N6O4/c1-16-5-8-19(39-30(45)43-20-3-2-4-21(43)13-20)11-22(16)24-15-46-41-26(24)10-7-17-6-9-18(38-27(44)25-14-31(25,33)34)12-23(17)28-40-29(42-47-28)32(35,36)37/h5-6,8-9,11-12,15,20-21,25H,2-4,7,10,13-14H2,1H3,(H,38,44)(H,39,45)/t20?,21?,25-/m0/s1. The van der Waals surface area contributed by atoms with Crippen LogP contribution in [0.4, 0.5) is 38.1 Å². The maximum Gasteiger partial charge on any atom is 0.455 e. The number of hydrogen-bond acceptors (Lipinski definition) is 7. The van der Waals surface area contributed by atoms with Gasteiger partial charge in [-0.3, -0.25) is 4.79 Å². The Balaban J connectivity index is 1.12. The Morgan fingerprint density at radius 1 is 0.979 bits per heavy atom. The van der Waals surface area contributed by atoms with E-state index in [0.717, 1.165) is 36.8 Å². The van der Waals surface area contributed by atoms with E-state index in [9.17, 15) is 31.5 Å². The van der Waals surface area contributed by atoms with Gasteiger partial charge in [0.1, 0.15) is 12.2 Å². The number of nitrogens with zero attached hydrogens (tertiary/aromatic N) is 4. The number of benzene rings is 2. The lowest BCUT2D eigenvalue weighted by atomic mass is 9.80. The first-order valence-electron chi connectivity index (χ1n) is 15.2. The first kappa shape index (κ1) is 30.8. The second-order valence-corrected chi connectivity index (χ2v) is 12.3. The van der Waals surface area contributed by atoms with E-state index in [1.165, 1.54) is 18.4 Å². The Hall–Kier alpha value is -4.82. The molecule has 3 atom stereocenters. The molecule has 47 heavy (non-hydrogen) atoms. The highest BCUT2D eigenvalue weighted by Crippen LogP contribution is 2.49. The number of hydrogen-bond donors (Lipinski definition) is 2. The van der Waals surface area contributed by atoms with Crippen molar-refractivity contribution in [1.82, 2.24) is 20.2 Å². The fraction of sp³-hybridized carbons (Fsp3) is 0.406. The molecule has 3 aliphatic rings. The summed E-state index contributed by atoms with van der Waals surface area (Å²) in [4.78, 5) is 30.7. The number of halogens is 5. The van der Waals surface area contributed by atoms with Crippen molar-refractivity contribution >= 4 is 23.3 Å². The number of rotatable bonds is 8. The van der Waals surface area contributed by atoms with Crippen LogP contribution in [0.2, 0.25) is 0 Å². The minimum Gasteiger partial charge on any atom is -0.364 e. The average Bonchev–Trinajstić information content (AvgIpc) is 3.38. The van der Waals surface area contributed by atoms with Gasteiger partial charge in [-0.15, -0.1) is 0 Å². The molecular formula is C32H29F5N6O4. The lowest BCUT2D eigenvalue weighted by Gasteiger charge is -2.52. The number of aryl methyl sites for hydroxylation is 3. The topological polar surface area (TPSA) is 126 Å². The molecule has 2 bridgehead atoms. The molecule has 1 saturated carbocycles. The zero-order valence-electron chi connectivity index (χ0n) is 25.0. The van der Waals surface area contributed by atoms with E-state index >= 15 is 0 Å². The molecule has 4 heterocycles. The number of carbonyl (C=O) groups excluding carboxylic acids is 2. The van der Waals surface area contributed by atoms with Crippen molar-refractivity contribution in [3.8, 4) is 22.6 Å². The van der Waals surface area contributed by atoms with Crippen LogP contribution in [-0.2, 0) is 23.8 Å². The molecule has 0 spiro atoms. The van der Waals surface area contributed by atoms with Gasteiger partial charge in [-0.1, -0.05) is 22.4 Å². The molecule has 2 aliphatic heterocycles. The number of anilines is 2. The van der Waals surface area contributed by atoms with Gasteiger partial charge in [0.2, 0.25) is 5.91 Å². The Morgan fingerprint density at radius 3 is 2.36 bits per heavy atom. The van der Waals surface area contributed by atoms with Crippen LogP contribution in [0.3, 0.4) is 0 Å². The Morgan fingerprint density at radius 2 is 1.68 bits per heavy atom. The number of piperidine rings is 1. The van der Waals surface area contributed by atoms with Crippen LogP contribution in [0.15, 0.2) is 51.7 Å². The highest BCUT2D eigenvalue weighted by molar-refractivity contribution is 5.96. The van der Waals surface area contributed by atoms with E-state index in [1.54, 1.807) is 6.07 Å². The Kier molecular flexibility index (Phi) is 7.51. The molecule has 15 heteroatoms. The molecule has 2 N–H and O–H groups in total. The van der Waals surface area contributed by atoms with E-state index < -0.39 is 42.1 Å². The van der Waals surface area contributed by atoms with Crippen molar-refractivity contribution in [1.29, 1.82) is 0 Å². The number of aromatic nitrogens is 3. The number of urea groups is 1. The summed E-state index contributed by atoms with van der Waals surface area (Å²) in [6, 6.07) is 10.3. The lowest BCUT2D eigenvalue weighted by molar-refractivity contribution is -0.146. The van der Waals surface area contributed by atoms with Crippen LogP contribution in [0, 0.1) is 12.8 Å². The molecule has 7 rings (SSSR count). The summed E-state index contributed by atoms with van der Waals surface area (Å²) in [6.07, 6.45) is 0.764. The predicted octanol–water partition coefficient (Wildman–Crippen LogP) is 7.26. The number of alkyl halides is 5. The van der Waals surface area contributed by atoms with E-state index in [0.29, 0.717) is 22.5 Å². The van der Waals surface area contributed by atoms with Crippen LogP contribution in [0.25, 0.3) is 22.6 Å². The van der Waals surface area contributed by atoms with Gasteiger partial charge in [-0.2, -0.15) is 18.2 Å². The molecule has 4 aromatic rings. The second kappa shape index (κ2) is 11.5. The number of carbonyl (C=O) groups is 2. The summed E-state index contributed by atoms with van der Waals surface area (Å²) >= 11 is 0. The quantitative estimate of drug-likeness (QED) is 0.191. The fourth-order valence-corrected chi connectivity index (χ4v) is 6.47. The number of fused-ring (bicyclic) bond motifs is 2. The van der Waals surface area contributed by atoms with Crippen molar-refractivity contribution in [3.63, 3.8) is 0 Å². The van der Waals surface area contributed by atoms with Gasteiger partial charge in [-0.05, 0) is 86.4 Å².